The van der Waals surface area contributed by atoms with Crippen molar-refractivity contribution in [3.8, 4) is 0 Å². The van der Waals surface area contributed by atoms with E-state index in [1.165, 1.54) is 30.2 Å². The molecule has 0 bridgehead atoms. The third-order valence-corrected chi connectivity index (χ3v) is 6.54. The summed E-state index contributed by atoms with van der Waals surface area (Å²) in [7, 11) is 3.43. The highest BCUT2D eigenvalue weighted by molar-refractivity contribution is 8.00. The number of esters is 1. The zero-order valence-electron chi connectivity index (χ0n) is 15.1. The number of likely N-dealkylation sites (N-methyl/N-ethyl adjacent to an activating group) is 1. The van der Waals surface area contributed by atoms with E-state index in [9.17, 15) is 9.59 Å². The minimum Gasteiger partial charge on any atom is -0.465 e. The van der Waals surface area contributed by atoms with Gasteiger partial charge in [0.2, 0.25) is 5.91 Å². The lowest BCUT2D eigenvalue weighted by atomic mass is 10.0. The molecule has 3 rings (SSSR count). The number of hydrogen-bond acceptors (Lipinski definition) is 6. The maximum Gasteiger partial charge on any atom is 0.341 e. The van der Waals surface area contributed by atoms with Crippen LogP contribution in [-0.2, 0) is 22.5 Å². The number of hydrogen-bond donors (Lipinski definition) is 1. The van der Waals surface area contributed by atoms with Crippen LogP contribution < -0.4 is 5.32 Å². The van der Waals surface area contributed by atoms with Crippen molar-refractivity contribution < 1.29 is 14.3 Å². The maximum atomic E-state index is 12.7. The molecule has 1 amide bonds. The van der Waals surface area contributed by atoms with Gasteiger partial charge in [-0.2, -0.15) is 0 Å². The number of anilines is 1. The number of thiophene rings is 1. The second-order valence-electron chi connectivity index (χ2n) is 6.25. The van der Waals surface area contributed by atoms with Gasteiger partial charge in [-0.3, -0.25) is 4.79 Å². The van der Waals surface area contributed by atoms with Gasteiger partial charge >= 0.3 is 5.97 Å². The van der Waals surface area contributed by atoms with Crippen molar-refractivity contribution in [2.75, 3.05) is 26.0 Å². The van der Waals surface area contributed by atoms with Crippen molar-refractivity contribution in [3.63, 3.8) is 0 Å². The molecule has 1 N–H and O–H groups in total. The van der Waals surface area contributed by atoms with Crippen LogP contribution in [0.5, 0.6) is 0 Å². The molecule has 0 saturated carbocycles. The summed E-state index contributed by atoms with van der Waals surface area (Å²) in [5.41, 5.74) is 1.53. The summed E-state index contributed by atoms with van der Waals surface area (Å²) in [5.74, 6) is -0.498. The van der Waals surface area contributed by atoms with Crippen LogP contribution in [0.4, 0.5) is 5.00 Å². The zero-order valence-corrected chi connectivity index (χ0v) is 16.7. The van der Waals surface area contributed by atoms with Crippen molar-refractivity contribution >= 4 is 40.0 Å². The van der Waals surface area contributed by atoms with Gasteiger partial charge in [0.1, 0.15) is 5.00 Å². The predicted molar refractivity (Wildman–Crippen MR) is 106 cm³/mol. The summed E-state index contributed by atoms with van der Waals surface area (Å²) in [6, 6.07) is 9.81. The first-order valence-electron chi connectivity index (χ1n) is 8.43. The maximum absolute atomic E-state index is 12.7. The van der Waals surface area contributed by atoms with E-state index >= 15 is 0 Å². The third-order valence-electron chi connectivity index (χ3n) is 4.30. The topological polar surface area (TPSA) is 58.6 Å². The molecule has 1 aromatic heterocycles. The van der Waals surface area contributed by atoms with Gasteiger partial charge in [-0.1, -0.05) is 18.2 Å². The predicted octanol–water partition coefficient (Wildman–Crippen LogP) is 3.64. The Morgan fingerprint density at radius 2 is 2.04 bits per heavy atom. The van der Waals surface area contributed by atoms with Crippen LogP contribution in [0, 0.1) is 0 Å². The minimum atomic E-state index is -0.384. The number of fused-ring (bicyclic) bond motifs is 1. The molecular formula is C19H22N2O3S2. The molecule has 5 nitrogen and oxygen atoms in total. The van der Waals surface area contributed by atoms with Gasteiger partial charge in [0.15, 0.2) is 0 Å². The standard InChI is InChI=1S/C19H22N2O3S2/c1-12(25-13-7-5-4-6-8-13)17(22)20-18-16(19(23)24-3)14-9-10-21(2)11-15(14)26-18/h4-8,12H,9-11H2,1-3H3,(H,20,22)/t12-/m0/s1. The Balaban J connectivity index is 1.80. The van der Waals surface area contributed by atoms with E-state index in [1.807, 2.05) is 37.3 Å². The molecule has 2 heterocycles. The van der Waals surface area contributed by atoms with E-state index in [-0.39, 0.29) is 17.1 Å². The zero-order chi connectivity index (χ0) is 18.7. The summed E-state index contributed by atoms with van der Waals surface area (Å²) in [5, 5.41) is 3.28. The number of nitrogens with one attached hydrogen (secondary N) is 1. The Morgan fingerprint density at radius 3 is 2.73 bits per heavy atom. The van der Waals surface area contributed by atoms with Crippen LogP contribution in [0.15, 0.2) is 35.2 Å². The Hall–Kier alpha value is -1.83. The van der Waals surface area contributed by atoms with Crippen LogP contribution in [-0.4, -0.2) is 42.7 Å². The van der Waals surface area contributed by atoms with E-state index in [0.29, 0.717) is 10.6 Å². The molecule has 0 unspecified atom stereocenters. The van der Waals surface area contributed by atoms with Gasteiger partial charge < -0.3 is 15.0 Å². The number of methoxy groups -OCH3 is 1. The van der Waals surface area contributed by atoms with Crippen molar-refractivity contribution in [1.82, 2.24) is 4.90 Å². The van der Waals surface area contributed by atoms with Crippen LogP contribution in [0.3, 0.4) is 0 Å². The second-order valence-corrected chi connectivity index (χ2v) is 8.77. The first-order valence-corrected chi connectivity index (χ1v) is 10.1. The molecule has 1 atom stereocenters. The SMILES string of the molecule is COC(=O)c1c(NC(=O)[C@H](C)Sc2ccccc2)sc2c1CCN(C)C2. The number of thioether (sulfide) groups is 1. The number of rotatable bonds is 5. The fraction of sp³-hybridized carbons (Fsp3) is 0.368. The lowest BCUT2D eigenvalue weighted by Crippen LogP contribution is -2.26. The van der Waals surface area contributed by atoms with E-state index in [0.717, 1.165) is 34.8 Å². The molecule has 0 radical (unpaired) electrons. The largest absolute Gasteiger partial charge is 0.465 e. The molecule has 2 aromatic rings. The van der Waals surface area contributed by atoms with E-state index in [1.54, 1.807) is 0 Å². The average molecular weight is 391 g/mol. The molecular weight excluding hydrogens is 368 g/mol. The minimum absolute atomic E-state index is 0.115. The number of ether oxygens (including phenoxy) is 1. The average Bonchev–Trinajstić information content (AvgIpc) is 2.98. The van der Waals surface area contributed by atoms with Crippen molar-refractivity contribution in [2.45, 2.75) is 30.0 Å². The summed E-state index contributed by atoms with van der Waals surface area (Å²) in [6.07, 6.45) is 0.789. The fourth-order valence-electron chi connectivity index (χ4n) is 2.91. The second kappa shape index (κ2) is 8.24. The molecule has 0 saturated heterocycles. The third kappa shape index (κ3) is 4.11. The molecule has 138 valence electrons. The number of benzene rings is 1. The van der Waals surface area contributed by atoms with Crippen molar-refractivity contribution in [3.05, 3.63) is 46.3 Å². The first kappa shape index (κ1) is 18.9. The van der Waals surface area contributed by atoms with E-state index < -0.39 is 0 Å². The molecule has 26 heavy (non-hydrogen) atoms. The van der Waals surface area contributed by atoms with E-state index in [2.05, 4.69) is 17.3 Å². The van der Waals surface area contributed by atoms with Gasteiger partial charge in [0.05, 0.1) is 17.9 Å². The first-order chi connectivity index (χ1) is 12.5. The number of carbonyl (C=O) groups is 2. The molecule has 7 heteroatoms. The molecule has 1 aliphatic heterocycles. The van der Waals surface area contributed by atoms with Gasteiger partial charge in [0, 0.05) is 22.9 Å². The van der Waals surface area contributed by atoms with Crippen molar-refractivity contribution in [1.29, 1.82) is 0 Å². The van der Waals surface area contributed by atoms with Crippen LogP contribution in [0.2, 0.25) is 0 Å². The summed E-state index contributed by atoms with van der Waals surface area (Å²) in [4.78, 5) is 29.3. The molecule has 0 spiro atoms. The van der Waals surface area contributed by atoms with E-state index in [4.69, 9.17) is 4.74 Å². The quantitative estimate of drug-likeness (QED) is 0.624. The van der Waals surface area contributed by atoms with Crippen molar-refractivity contribution in [2.24, 2.45) is 0 Å². The molecule has 0 fully saturated rings. The molecule has 1 aromatic carbocycles. The normalized spacial score (nSPS) is 15.2. The highest BCUT2D eigenvalue weighted by atomic mass is 32.2. The lowest BCUT2D eigenvalue weighted by molar-refractivity contribution is -0.115. The molecule has 0 aliphatic carbocycles. The van der Waals surface area contributed by atoms with Crippen LogP contribution in [0.25, 0.3) is 0 Å². The highest BCUT2D eigenvalue weighted by Crippen LogP contribution is 2.37. The van der Waals surface area contributed by atoms with Gasteiger partial charge in [-0.25, -0.2) is 4.79 Å². The Labute approximate surface area is 161 Å². The number of carbonyl (C=O) groups excluding carboxylic acids is 2. The van der Waals surface area contributed by atoms with Gasteiger partial charge in [0.25, 0.3) is 0 Å². The summed E-state index contributed by atoms with van der Waals surface area (Å²) in [6.45, 7) is 3.54. The fourth-order valence-corrected chi connectivity index (χ4v) is 5.11. The monoisotopic (exact) mass is 390 g/mol. The van der Waals surface area contributed by atoms with Crippen LogP contribution >= 0.6 is 23.1 Å². The Kier molecular flexibility index (Phi) is 6.01. The number of nitrogens with zero attached hydrogens (tertiary/aromatic N) is 1. The highest BCUT2D eigenvalue weighted by Gasteiger charge is 2.29. The smallest absolute Gasteiger partial charge is 0.341 e. The Morgan fingerprint density at radius 1 is 1.31 bits per heavy atom. The number of amides is 1. The Bertz CT molecular complexity index is 805. The molecule has 1 aliphatic rings. The summed E-state index contributed by atoms with van der Waals surface area (Å²) < 4.78 is 4.96. The summed E-state index contributed by atoms with van der Waals surface area (Å²) >= 11 is 2.97. The van der Waals surface area contributed by atoms with Gasteiger partial charge in [-0.15, -0.1) is 23.1 Å². The lowest BCUT2D eigenvalue weighted by Gasteiger charge is -2.22. The van der Waals surface area contributed by atoms with Crippen LogP contribution in [0.1, 0.15) is 27.7 Å². The van der Waals surface area contributed by atoms with Gasteiger partial charge in [-0.05, 0) is 38.1 Å².